The van der Waals surface area contributed by atoms with Gasteiger partial charge in [0, 0.05) is 6.54 Å². The largest absolute Gasteiger partial charge is 0.466 e. The molecule has 1 aliphatic heterocycles. The van der Waals surface area contributed by atoms with Crippen molar-refractivity contribution in [3.8, 4) is 0 Å². The molecule has 0 spiro atoms. The van der Waals surface area contributed by atoms with Crippen molar-refractivity contribution in [3.05, 3.63) is 0 Å². The van der Waals surface area contributed by atoms with Gasteiger partial charge in [0.2, 0.25) is 0 Å². The number of likely N-dealkylation sites (tertiary alicyclic amines) is 1. The van der Waals surface area contributed by atoms with Crippen molar-refractivity contribution in [2.45, 2.75) is 26.7 Å². The van der Waals surface area contributed by atoms with Gasteiger partial charge in [-0.15, -0.1) is 0 Å². The predicted octanol–water partition coefficient (Wildman–Crippen LogP) is 0.851. The molecule has 15 heavy (non-hydrogen) atoms. The Morgan fingerprint density at radius 2 is 2.20 bits per heavy atom. The summed E-state index contributed by atoms with van der Waals surface area (Å²) in [6, 6.07) is 0. The third-order valence-corrected chi connectivity index (χ3v) is 2.55. The van der Waals surface area contributed by atoms with Gasteiger partial charge in [-0.3, -0.25) is 14.5 Å². The van der Waals surface area contributed by atoms with Crippen LogP contribution in [0.5, 0.6) is 0 Å². The Morgan fingerprint density at radius 1 is 1.47 bits per heavy atom. The number of esters is 1. The number of hydrogen-bond donors (Lipinski definition) is 0. The Labute approximate surface area is 90.6 Å². The minimum Gasteiger partial charge on any atom is -0.466 e. The molecule has 4 nitrogen and oxygen atoms in total. The van der Waals surface area contributed by atoms with Crippen LogP contribution in [-0.4, -0.2) is 42.9 Å². The van der Waals surface area contributed by atoms with E-state index in [4.69, 9.17) is 4.74 Å². The van der Waals surface area contributed by atoms with Crippen molar-refractivity contribution in [1.29, 1.82) is 0 Å². The topological polar surface area (TPSA) is 46.6 Å². The highest BCUT2D eigenvalue weighted by Crippen LogP contribution is 2.14. The molecule has 0 amide bonds. The minimum atomic E-state index is -0.408. The van der Waals surface area contributed by atoms with Gasteiger partial charge >= 0.3 is 5.97 Å². The lowest BCUT2D eigenvalue weighted by Gasteiger charge is -2.13. The second kappa shape index (κ2) is 5.85. The Bertz CT molecular complexity index is 240. The molecule has 0 aromatic carbocycles. The summed E-state index contributed by atoms with van der Waals surface area (Å²) in [5.74, 6) is 0.220. The number of rotatable bonds is 5. The Kier molecular flexibility index (Phi) is 4.75. The lowest BCUT2D eigenvalue weighted by Crippen LogP contribution is -2.29. The van der Waals surface area contributed by atoms with Crippen LogP contribution < -0.4 is 0 Å². The van der Waals surface area contributed by atoms with Crippen molar-refractivity contribution < 1.29 is 14.3 Å². The molecule has 0 N–H and O–H groups in total. The summed E-state index contributed by atoms with van der Waals surface area (Å²) >= 11 is 0. The lowest BCUT2D eigenvalue weighted by atomic mass is 10.2. The zero-order valence-corrected chi connectivity index (χ0v) is 9.49. The first kappa shape index (κ1) is 12.2. The normalized spacial score (nSPS) is 21.6. The fraction of sp³-hybridized carbons (Fsp3) is 0.818. The highest BCUT2D eigenvalue weighted by molar-refractivity contribution is 5.96. The summed E-state index contributed by atoms with van der Waals surface area (Å²) in [5.41, 5.74) is 0. The van der Waals surface area contributed by atoms with E-state index in [1.807, 2.05) is 0 Å². The fourth-order valence-electron chi connectivity index (χ4n) is 1.85. The fourth-order valence-corrected chi connectivity index (χ4v) is 1.85. The number of Topliss-reactive ketones (excluding diaryl/α,β-unsaturated/α-hetero) is 1. The van der Waals surface area contributed by atoms with E-state index >= 15 is 0 Å². The van der Waals surface area contributed by atoms with Gasteiger partial charge < -0.3 is 4.74 Å². The number of ketones is 1. The number of hydrogen-bond acceptors (Lipinski definition) is 4. The van der Waals surface area contributed by atoms with E-state index < -0.39 is 5.97 Å². The van der Waals surface area contributed by atoms with Crippen LogP contribution in [0.15, 0.2) is 0 Å². The van der Waals surface area contributed by atoms with Gasteiger partial charge in [0.15, 0.2) is 5.78 Å². The van der Waals surface area contributed by atoms with Gasteiger partial charge in [0.25, 0.3) is 0 Å². The van der Waals surface area contributed by atoms with E-state index in [1.165, 1.54) is 0 Å². The van der Waals surface area contributed by atoms with E-state index in [0.717, 1.165) is 19.5 Å². The zero-order chi connectivity index (χ0) is 11.3. The summed E-state index contributed by atoms with van der Waals surface area (Å²) in [6.07, 6.45) is 1.06. The molecule has 86 valence electrons. The molecule has 1 saturated heterocycles. The summed E-state index contributed by atoms with van der Waals surface area (Å²) in [6.45, 7) is 6.58. The number of ether oxygens (including phenoxy) is 1. The highest BCUT2D eigenvalue weighted by atomic mass is 16.5. The molecular weight excluding hydrogens is 194 g/mol. The second-order valence-corrected chi connectivity index (χ2v) is 4.15. The summed E-state index contributed by atoms with van der Waals surface area (Å²) in [5, 5.41) is 0. The van der Waals surface area contributed by atoms with Gasteiger partial charge in [-0.25, -0.2) is 0 Å². The van der Waals surface area contributed by atoms with Crippen molar-refractivity contribution in [2.24, 2.45) is 5.92 Å². The molecule has 0 aliphatic carbocycles. The Hall–Kier alpha value is -0.900. The van der Waals surface area contributed by atoms with Crippen LogP contribution in [0.1, 0.15) is 26.7 Å². The van der Waals surface area contributed by atoms with E-state index in [-0.39, 0.29) is 12.2 Å². The zero-order valence-electron chi connectivity index (χ0n) is 9.49. The van der Waals surface area contributed by atoms with Gasteiger partial charge in [0.05, 0.1) is 13.2 Å². The molecule has 4 heteroatoms. The molecule has 0 radical (unpaired) electrons. The molecule has 1 unspecified atom stereocenters. The van der Waals surface area contributed by atoms with Gasteiger partial charge in [-0.05, 0) is 25.8 Å². The molecule has 0 saturated carbocycles. The van der Waals surface area contributed by atoms with Crippen LogP contribution in [0.4, 0.5) is 0 Å². The van der Waals surface area contributed by atoms with Crippen LogP contribution >= 0.6 is 0 Å². The van der Waals surface area contributed by atoms with E-state index in [9.17, 15) is 9.59 Å². The van der Waals surface area contributed by atoms with Gasteiger partial charge in [-0.2, -0.15) is 0 Å². The lowest BCUT2D eigenvalue weighted by molar-refractivity contribution is -0.145. The molecule has 1 heterocycles. The Balaban J connectivity index is 2.21. The molecule has 1 atom stereocenters. The summed E-state index contributed by atoms with van der Waals surface area (Å²) < 4.78 is 4.72. The van der Waals surface area contributed by atoms with E-state index in [2.05, 4.69) is 11.8 Å². The molecule has 0 bridgehead atoms. The van der Waals surface area contributed by atoms with Crippen molar-refractivity contribution in [2.75, 3.05) is 26.2 Å². The number of nitrogens with zero attached hydrogens (tertiary/aromatic N) is 1. The maximum atomic E-state index is 11.4. The van der Waals surface area contributed by atoms with E-state index in [0.29, 0.717) is 19.1 Å². The third kappa shape index (κ3) is 4.42. The average Bonchev–Trinajstić information content (AvgIpc) is 2.51. The molecule has 1 fully saturated rings. The Morgan fingerprint density at radius 3 is 2.73 bits per heavy atom. The van der Waals surface area contributed by atoms with Crippen molar-refractivity contribution in [1.82, 2.24) is 4.90 Å². The van der Waals surface area contributed by atoms with Crippen LogP contribution in [0, 0.1) is 5.92 Å². The third-order valence-electron chi connectivity index (χ3n) is 2.55. The maximum absolute atomic E-state index is 11.4. The van der Waals surface area contributed by atoms with E-state index in [1.54, 1.807) is 6.92 Å². The quantitative estimate of drug-likeness (QED) is 0.502. The predicted molar refractivity (Wildman–Crippen MR) is 56.5 cm³/mol. The molecule has 1 rings (SSSR count). The maximum Gasteiger partial charge on any atom is 0.313 e. The SMILES string of the molecule is CCOC(=O)CC(=O)CN1CCC(C)C1. The first-order valence-corrected chi connectivity index (χ1v) is 5.51. The average molecular weight is 213 g/mol. The molecule has 1 aliphatic rings. The second-order valence-electron chi connectivity index (χ2n) is 4.15. The molecule has 0 aromatic heterocycles. The van der Waals surface area contributed by atoms with Gasteiger partial charge in [-0.1, -0.05) is 6.92 Å². The number of carbonyl (C=O) groups is 2. The van der Waals surface area contributed by atoms with Crippen LogP contribution in [0.25, 0.3) is 0 Å². The van der Waals surface area contributed by atoms with Crippen LogP contribution in [-0.2, 0) is 14.3 Å². The minimum absolute atomic E-state index is 0.0393. The van der Waals surface area contributed by atoms with Crippen molar-refractivity contribution >= 4 is 11.8 Å². The van der Waals surface area contributed by atoms with Crippen molar-refractivity contribution in [3.63, 3.8) is 0 Å². The molecular formula is C11H19NO3. The molecule has 0 aromatic rings. The van der Waals surface area contributed by atoms with Gasteiger partial charge in [0.1, 0.15) is 6.42 Å². The smallest absolute Gasteiger partial charge is 0.313 e. The first-order valence-electron chi connectivity index (χ1n) is 5.51. The summed E-state index contributed by atoms with van der Waals surface area (Å²) in [4.78, 5) is 24.6. The van der Waals surface area contributed by atoms with Crippen LogP contribution in [0.3, 0.4) is 0 Å². The van der Waals surface area contributed by atoms with Crippen LogP contribution in [0.2, 0.25) is 0 Å². The first-order chi connectivity index (χ1) is 7.11. The standard InChI is InChI=1S/C11H19NO3/c1-3-15-11(14)6-10(13)8-12-5-4-9(2)7-12/h9H,3-8H2,1-2H3. The monoisotopic (exact) mass is 213 g/mol. The highest BCUT2D eigenvalue weighted by Gasteiger charge is 2.21. The number of carbonyl (C=O) groups excluding carboxylic acids is 2. The summed E-state index contributed by atoms with van der Waals surface area (Å²) in [7, 11) is 0.